The Bertz CT molecular complexity index is 772. The second kappa shape index (κ2) is 9.62. The molecule has 0 bridgehead atoms. The number of carbonyl (C=O) groups is 2. The number of ether oxygens (including phenoxy) is 2. The fourth-order valence-electron chi connectivity index (χ4n) is 2.58. The van der Waals surface area contributed by atoms with Gasteiger partial charge in [-0.1, -0.05) is 18.2 Å². The highest BCUT2D eigenvalue weighted by Crippen LogP contribution is 2.20. The number of rotatable bonds is 8. The van der Waals surface area contributed by atoms with Crippen LogP contribution < -0.4 is 14.8 Å². The lowest BCUT2D eigenvalue weighted by Gasteiger charge is -2.22. The van der Waals surface area contributed by atoms with Crippen LogP contribution in [0.3, 0.4) is 0 Å². The Labute approximate surface area is 160 Å². The van der Waals surface area contributed by atoms with Crippen molar-refractivity contribution in [2.75, 3.05) is 19.0 Å². The molecule has 1 N–H and O–H groups in total. The van der Waals surface area contributed by atoms with E-state index >= 15 is 0 Å². The van der Waals surface area contributed by atoms with Gasteiger partial charge >= 0.3 is 0 Å². The van der Waals surface area contributed by atoms with Gasteiger partial charge in [-0.2, -0.15) is 0 Å². The summed E-state index contributed by atoms with van der Waals surface area (Å²) in [5.74, 6) is 0.976. The van der Waals surface area contributed by atoms with Crippen molar-refractivity contribution >= 4 is 17.5 Å². The Balaban J connectivity index is 1.99. The maximum atomic E-state index is 12.4. The van der Waals surface area contributed by atoms with Crippen LogP contribution in [0, 0.1) is 0 Å². The van der Waals surface area contributed by atoms with Crippen LogP contribution in [0.25, 0.3) is 0 Å². The summed E-state index contributed by atoms with van der Waals surface area (Å²) in [6, 6.07) is 14.6. The molecular formula is C21H26N2O4. The second-order valence-corrected chi connectivity index (χ2v) is 6.43. The minimum atomic E-state index is -0.266. The number of carbonyl (C=O) groups excluding carboxylic acids is 2. The highest BCUT2D eigenvalue weighted by molar-refractivity contribution is 5.94. The van der Waals surface area contributed by atoms with Crippen molar-refractivity contribution < 1.29 is 19.1 Å². The first-order valence-electron chi connectivity index (χ1n) is 8.83. The van der Waals surface area contributed by atoms with Gasteiger partial charge in [0.1, 0.15) is 18.0 Å². The summed E-state index contributed by atoms with van der Waals surface area (Å²) in [6.07, 6.45) is 0.0875. The first-order valence-corrected chi connectivity index (χ1v) is 8.83. The number of amides is 2. The molecule has 27 heavy (non-hydrogen) atoms. The van der Waals surface area contributed by atoms with Crippen LogP contribution in [-0.2, 0) is 16.1 Å². The molecule has 0 saturated carbocycles. The van der Waals surface area contributed by atoms with Crippen molar-refractivity contribution in [1.82, 2.24) is 4.90 Å². The Morgan fingerprint density at radius 3 is 2.33 bits per heavy atom. The van der Waals surface area contributed by atoms with Crippen LogP contribution in [0.1, 0.15) is 26.3 Å². The van der Waals surface area contributed by atoms with E-state index in [1.165, 1.54) is 11.8 Å². The van der Waals surface area contributed by atoms with Crippen molar-refractivity contribution in [3.8, 4) is 11.5 Å². The fraction of sp³-hybridized carbons (Fsp3) is 0.333. The van der Waals surface area contributed by atoms with Gasteiger partial charge in [0.05, 0.1) is 13.2 Å². The molecule has 6 heteroatoms. The lowest BCUT2D eigenvalue weighted by molar-refractivity contribution is -0.133. The molecule has 2 aromatic carbocycles. The van der Waals surface area contributed by atoms with Crippen LogP contribution in [-0.4, -0.2) is 36.5 Å². The molecule has 0 unspecified atom stereocenters. The topological polar surface area (TPSA) is 67.9 Å². The van der Waals surface area contributed by atoms with Gasteiger partial charge in [0, 0.05) is 24.7 Å². The molecule has 0 spiro atoms. The van der Waals surface area contributed by atoms with Crippen LogP contribution in [0.5, 0.6) is 11.5 Å². The van der Waals surface area contributed by atoms with E-state index < -0.39 is 0 Å². The van der Waals surface area contributed by atoms with E-state index in [4.69, 9.17) is 9.47 Å². The van der Waals surface area contributed by atoms with E-state index in [0.717, 1.165) is 11.3 Å². The molecule has 0 aliphatic heterocycles. The monoisotopic (exact) mass is 370 g/mol. The van der Waals surface area contributed by atoms with E-state index in [1.54, 1.807) is 31.4 Å². The third kappa shape index (κ3) is 6.33. The number of hydrogen-bond acceptors (Lipinski definition) is 4. The molecule has 0 aliphatic rings. The van der Waals surface area contributed by atoms with Crippen LogP contribution >= 0.6 is 0 Å². The number of anilines is 1. The molecule has 0 radical (unpaired) electrons. The molecule has 2 amide bonds. The minimum absolute atomic E-state index is 0.0440. The largest absolute Gasteiger partial charge is 0.496 e. The van der Waals surface area contributed by atoms with Crippen molar-refractivity contribution in [2.24, 2.45) is 0 Å². The first kappa shape index (κ1) is 20.3. The summed E-state index contributed by atoms with van der Waals surface area (Å²) in [5, 5.41) is 2.80. The summed E-state index contributed by atoms with van der Waals surface area (Å²) in [7, 11) is 1.58. The Kier molecular flexibility index (Phi) is 7.23. The van der Waals surface area contributed by atoms with Crippen molar-refractivity contribution in [2.45, 2.75) is 33.4 Å². The van der Waals surface area contributed by atoms with Crippen LogP contribution in [0.2, 0.25) is 0 Å². The van der Waals surface area contributed by atoms with Gasteiger partial charge in [-0.25, -0.2) is 0 Å². The van der Waals surface area contributed by atoms with Gasteiger partial charge in [-0.3, -0.25) is 9.59 Å². The SMILES string of the molecule is COc1ccccc1CN(CC(=O)Nc1ccc(OC(C)C)cc1)C(C)=O. The average molecular weight is 370 g/mol. The predicted octanol–water partition coefficient (Wildman–Crippen LogP) is 3.47. The quantitative estimate of drug-likeness (QED) is 0.773. The predicted molar refractivity (Wildman–Crippen MR) is 105 cm³/mol. The van der Waals surface area contributed by atoms with Gasteiger partial charge < -0.3 is 19.7 Å². The molecule has 6 nitrogen and oxygen atoms in total. The summed E-state index contributed by atoms with van der Waals surface area (Å²) in [6.45, 7) is 5.60. The molecule has 0 aromatic heterocycles. The Hall–Kier alpha value is -3.02. The number of hydrogen-bond donors (Lipinski definition) is 1. The molecule has 0 saturated heterocycles. The number of nitrogens with zero attached hydrogens (tertiary/aromatic N) is 1. The van der Waals surface area contributed by atoms with Gasteiger partial charge in [0.2, 0.25) is 11.8 Å². The number of para-hydroxylation sites is 1. The van der Waals surface area contributed by atoms with E-state index in [1.807, 2.05) is 38.1 Å². The first-order chi connectivity index (χ1) is 12.9. The smallest absolute Gasteiger partial charge is 0.244 e. The van der Waals surface area contributed by atoms with Crippen LogP contribution in [0.4, 0.5) is 5.69 Å². The highest BCUT2D eigenvalue weighted by Gasteiger charge is 2.16. The Morgan fingerprint density at radius 1 is 1.07 bits per heavy atom. The molecule has 0 fully saturated rings. The average Bonchev–Trinajstić information content (AvgIpc) is 2.62. The Morgan fingerprint density at radius 2 is 1.74 bits per heavy atom. The molecular weight excluding hydrogens is 344 g/mol. The zero-order valence-corrected chi connectivity index (χ0v) is 16.2. The standard InChI is InChI=1S/C21H26N2O4/c1-15(2)27-19-11-9-18(10-12-19)22-21(25)14-23(16(3)24)13-17-7-5-6-8-20(17)26-4/h5-12,15H,13-14H2,1-4H3,(H,22,25). The lowest BCUT2D eigenvalue weighted by atomic mass is 10.2. The summed E-state index contributed by atoms with van der Waals surface area (Å²) in [4.78, 5) is 25.8. The lowest BCUT2D eigenvalue weighted by Crippen LogP contribution is -2.36. The van der Waals surface area contributed by atoms with Crippen molar-refractivity contribution in [1.29, 1.82) is 0 Å². The van der Waals surface area contributed by atoms with Gasteiger partial charge in [-0.05, 0) is 44.2 Å². The molecule has 0 atom stereocenters. The number of nitrogens with one attached hydrogen (secondary N) is 1. The van der Waals surface area contributed by atoms with Crippen LogP contribution in [0.15, 0.2) is 48.5 Å². The summed E-state index contributed by atoms with van der Waals surface area (Å²) >= 11 is 0. The van der Waals surface area contributed by atoms with Crippen molar-refractivity contribution in [3.05, 3.63) is 54.1 Å². The number of benzene rings is 2. The molecule has 0 heterocycles. The van der Waals surface area contributed by atoms with E-state index in [0.29, 0.717) is 18.0 Å². The molecule has 0 aliphatic carbocycles. The van der Waals surface area contributed by atoms with Gasteiger partial charge in [0.25, 0.3) is 0 Å². The van der Waals surface area contributed by atoms with E-state index in [2.05, 4.69) is 5.32 Å². The zero-order valence-electron chi connectivity index (χ0n) is 16.2. The second-order valence-electron chi connectivity index (χ2n) is 6.43. The van der Waals surface area contributed by atoms with E-state index in [9.17, 15) is 9.59 Å². The molecule has 2 rings (SSSR count). The van der Waals surface area contributed by atoms with Gasteiger partial charge in [0.15, 0.2) is 0 Å². The summed E-state index contributed by atoms with van der Waals surface area (Å²) in [5.41, 5.74) is 1.50. The maximum Gasteiger partial charge on any atom is 0.244 e. The highest BCUT2D eigenvalue weighted by atomic mass is 16.5. The molecule has 2 aromatic rings. The third-order valence-corrected chi connectivity index (χ3v) is 3.84. The normalized spacial score (nSPS) is 10.4. The summed E-state index contributed by atoms with van der Waals surface area (Å²) < 4.78 is 10.9. The van der Waals surface area contributed by atoms with E-state index in [-0.39, 0.29) is 24.5 Å². The fourth-order valence-corrected chi connectivity index (χ4v) is 2.58. The number of methoxy groups -OCH3 is 1. The minimum Gasteiger partial charge on any atom is -0.496 e. The molecule has 144 valence electrons. The van der Waals surface area contributed by atoms with Crippen molar-refractivity contribution in [3.63, 3.8) is 0 Å². The third-order valence-electron chi connectivity index (χ3n) is 3.84. The van der Waals surface area contributed by atoms with Gasteiger partial charge in [-0.15, -0.1) is 0 Å². The maximum absolute atomic E-state index is 12.4. The zero-order chi connectivity index (χ0) is 19.8.